The van der Waals surface area contributed by atoms with Crippen molar-refractivity contribution in [3.63, 3.8) is 0 Å². The van der Waals surface area contributed by atoms with E-state index in [1.165, 1.54) is 0 Å². The highest BCUT2D eigenvalue weighted by molar-refractivity contribution is 5.82. The number of rotatable bonds is 12. The van der Waals surface area contributed by atoms with Gasteiger partial charge < -0.3 is 20.4 Å². The minimum Gasteiger partial charge on any atom is -0.466 e. The number of hydrogen-bond donors (Lipinski definition) is 2. The maximum absolute atomic E-state index is 15.9. The topological polar surface area (TPSA) is 103 Å². The molecule has 3 aromatic rings. The summed E-state index contributed by atoms with van der Waals surface area (Å²) < 4.78 is 63.1. The van der Waals surface area contributed by atoms with Crippen LogP contribution >= 0.6 is 0 Å². The van der Waals surface area contributed by atoms with Gasteiger partial charge in [-0.3, -0.25) is 14.4 Å². The van der Waals surface area contributed by atoms with Gasteiger partial charge in [-0.1, -0.05) is 32.0 Å². The predicted molar refractivity (Wildman–Crippen MR) is 165 cm³/mol. The minimum absolute atomic E-state index is 0.0425. The van der Waals surface area contributed by atoms with Gasteiger partial charge in [0, 0.05) is 17.8 Å². The summed E-state index contributed by atoms with van der Waals surface area (Å²) in [5.41, 5.74) is 7.00. The van der Waals surface area contributed by atoms with Crippen LogP contribution in [0.2, 0.25) is 0 Å². The Hall–Kier alpha value is -3.99. The molecular weight excluding hydrogens is 590 g/mol. The Morgan fingerprint density at radius 1 is 1.04 bits per heavy atom. The fourth-order valence-electron chi connectivity index (χ4n) is 5.61. The lowest BCUT2D eigenvalue weighted by atomic mass is 9.90. The second-order valence-corrected chi connectivity index (χ2v) is 11.7. The summed E-state index contributed by atoms with van der Waals surface area (Å²) in [6, 6.07) is 7.05. The Labute approximate surface area is 260 Å². The van der Waals surface area contributed by atoms with Crippen LogP contribution in [0.3, 0.4) is 0 Å². The largest absolute Gasteiger partial charge is 0.466 e. The number of nitrogens with two attached hydrogens (primary N) is 1. The molecule has 0 bridgehead atoms. The predicted octanol–water partition coefficient (Wildman–Crippen LogP) is 6.50. The highest BCUT2D eigenvalue weighted by Crippen LogP contribution is 2.35. The Kier molecular flexibility index (Phi) is 11.7. The molecule has 2 atom stereocenters. The number of aromatic nitrogens is 1. The van der Waals surface area contributed by atoms with Gasteiger partial charge in [-0.25, -0.2) is 4.39 Å². The van der Waals surface area contributed by atoms with Crippen molar-refractivity contribution in [2.24, 2.45) is 11.7 Å². The van der Waals surface area contributed by atoms with Gasteiger partial charge in [0.2, 0.25) is 5.91 Å². The van der Waals surface area contributed by atoms with Crippen LogP contribution in [0, 0.1) is 32.5 Å². The molecule has 0 fully saturated rings. The molecule has 3 N–H and O–H groups in total. The molecule has 244 valence electrons. The number of carbonyl (C=O) groups is 2. The maximum Gasteiger partial charge on any atom is 0.416 e. The monoisotopic (exact) mass is 631 g/mol. The number of ether oxygens (including phenoxy) is 1. The van der Waals surface area contributed by atoms with Crippen molar-refractivity contribution in [2.45, 2.75) is 79.1 Å². The summed E-state index contributed by atoms with van der Waals surface area (Å²) in [4.78, 5) is 39.8. The van der Waals surface area contributed by atoms with E-state index in [1.54, 1.807) is 39.8 Å². The molecule has 0 saturated carbocycles. The van der Waals surface area contributed by atoms with Crippen LogP contribution in [0.15, 0.2) is 47.4 Å². The number of nitrogens with one attached hydrogen (secondary N) is 1. The number of amides is 1. The summed E-state index contributed by atoms with van der Waals surface area (Å²) in [5, 5.41) is 2.74. The van der Waals surface area contributed by atoms with Gasteiger partial charge in [-0.2, -0.15) is 13.2 Å². The number of pyridine rings is 1. The molecule has 0 aliphatic heterocycles. The summed E-state index contributed by atoms with van der Waals surface area (Å²) >= 11 is 0. The summed E-state index contributed by atoms with van der Waals surface area (Å²) in [6.45, 7) is 10.6. The van der Waals surface area contributed by atoms with E-state index in [1.807, 2.05) is 32.0 Å². The highest BCUT2D eigenvalue weighted by atomic mass is 19.4. The number of esters is 1. The van der Waals surface area contributed by atoms with Crippen molar-refractivity contribution in [3.05, 3.63) is 92.1 Å². The number of carbonyl (C=O) groups excluding carboxylic acids is 2. The third-order valence-electron chi connectivity index (χ3n) is 7.64. The molecule has 1 amide bonds. The van der Waals surface area contributed by atoms with E-state index < -0.39 is 53.5 Å². The molecular formula is C34H41F4N3O4. The second kappa shape index (κ2) is 14.9. The van der Waals surface area contributed by atoms with Crippen LogP contribution in [-0.2, 0) is 26.9 Å². The lowest BCUT2D eigenvalue weighted by Crippen LogP contribution is -2.41. The number of halogens is 4. The first-order valence-corrected chi connectivity index (χ1v) is 14.9. The lowest BCUT2D eigenvalue weighted by molar-refractivity contribution is -0.144. The van der Waals surface area contributed by atoms with Gasteiger partial charge in [-0.05, 0) is 98.5 Å². The quantitative estimate of drug-likeness (QED) is 0.176. The Morgan fingerprint density at radius 3 is 2.24 bits per heavy atom. The van der Waals surface area contributed by atoms with Crippen LogP contribution in [0.5, 0.6) is 0 Å². The average molecular weight is 632 g/mol. The van der Waals surface area contributed by atoms with Gasteiger partial charge in [-0.15, -0.1) is 0 Å². The van der Waals surface area contributed by atoms with E-state index in [2.05, 4.69) is 5.32 Å². The molecule has 0 aliphatic rings. The van der Waals surface area contributed by atoms with Crippen molar-refractivity contribution in [2.75, 3.05) is 13.2 Å². The first-order valence-electron chi connectivity index (χ1n) is 14.9. The zero-order valence-corrected chi connectivity index (χ0v) is 26.5. The van der Waals surface area contributed by atoms with Crippen molar-refractivity contribution in [3.8, 4) is 11.1 Å². The molecule has 1 heterocycles. The van der Waals surface area contributed by atoms with Crippen LogP contribution in [-0.4, -0.2) is 29.6 Å². The van der Waals surface area contributed by atoms with Crippen molar-refractivity contribution >= 4 is 11.9 Å². The number of aryl methyl sites for hydroxylation is 3. The normalized spacial score (nSPS) is 13.1. The Morgan fingerprint density at radius 2 is 1.69 bits per heavy atom. The minimum atomic E-state index is -4.79. The molecule has 0 radical (unpaired) electrons. The van der Waals surface area contributed by atoms with Crippen molar-refractivity contribution in [1.82, 2.24) is 9.88 Å². The van der Waals surface area contributed by atoms with E-state index in [9.17, 15) is 27.6 Å². The molecule has 1 aromatic heterocycles. The van der Waals surface area contributed by atoms with Crippen molar-refractivity contribution < 1.29 is 31.9 Å². The SMILES string of the molecule is CCOC(=O)C[C@H](NC(=O)C(CC(C)C)n1cc(CCN)c(C(F)(F)F)cc1=O)c1cc(-c2c(C)cccc2C)cc(C)c1F. The summed E-state index contributed by atoms with van der Waals surface area (Å²) in [7, 11) is 0. The molecule has 0 spiro atoms. The van der Waals surface area contributed by atoms with E-state index >= 15 is 4.39 Å². The molecule has 45 heavy (non-hydrogen) atoms. The molecule has 7 nitrogen and oxygen atoms in total. The molecule has 2 aromatic carbocycles. The molecule has 0 aliphatic carbocycles. The first kappa shape index (κ1) is 35.5. The van der Waals surface area contributed by atoms with Gasteiger partial charge in [0.1, 0.15) is 11.9 Å². The van der Waals surface area contributed by atoms with Crippen LogP contribution in [0.1, 0.15) is 79.1 Å². The summed E-state index contributed by atoms with van der Waals surface area (Å²) in [6.07, 6.45) is -4.28. The lowest BCUT2D eigenvalue weighted by Gasteiger charge is -2.27. The highest BCUT2D eigenvalue weighted by Gasteiger charge is 2.36. The molecule has 3 rings (SSSR count). The average Bonchev–Trinajstić information content (AvgIpc) is 2.93. The van der Waals surface area contributed by atoms with Crippen LogP contribution in [0.4, 0.5) is 17.6 Å². The maximum atomic E-state index is 15.9. The summed E-state index contributed by atoms with van der Waals surface area (Å²) in [5.74, 6) is -2.23. The zero-order chi connectivity index (χ0) is 33.6. The standard InChI is InChI=1S/C34H41F4N3O4/c1-7-45-30(43)17-27(25-15-24(14-22(6)32(25)35)31-20(4)9-8-10-21(31)5)40-33(44)28(13-19(2)3)41-18-23(11-12-39)26(16-29(41)42)34(36,37)38/h8-10,14-16,18-19,27-28H,7,11-13,17,39H2,1-6H3,(H,40,44)/t27-,28?/m0/s1. The number of hydrogen-bond acceptors (Lipinski definition) is 5. The van der Waals surface area contributed by atoms with Crippen molar-refractivity contribution in [1.29, 1.82) is 0 Å². The third-order valence-corrected chi connectivity index (χ3v) is 7.64. The number of nitrogens with zero attached hydrogens (tertiary/aromatic N) is 1. The van der Waals surface area contributed by atoms with Gasteiger partial charge in [0.05, 0.1) is 24.6 Å². The third kappa shape index (κ3) is 8.59. The smallest absolute Gasteiger partial charge is 0.416 e. The molecule has 11 heteroatoms. The van der Waals surface area contributed by atoms with E-state index in [0.717, 1.165) is 27.5 Å². The fourth-order valence-corrected chi connectivity index (χ4v) is 5.61. The zero-order valence-electron chi connectivity index (χ0n) is 26.5. The number of benzene rings is 2. The molecule has 0 saturated heterocycles. The van der Waals surface area contributed by atoms with E-state index in [-0.39, 0.29) is 48.6 Å². The van der Waals surface area contributed by atoms with Crippen LogP contribution < -0.4 is 16.6 Å². The number of alkyl halides is 3. The van der Waals surface area contributed by atoms with Gasteiger partial charge in [0.25, 0.3) is 5.56 Å². The van der Waals surface area contributed by atoms with E-state index in [0.29, 0.717) is 11.6 Å². The van der Waals surface area contributed by atoms with Crippen LogP contribution in [0.25, 0.3) is 11.1 Å². The fraction of sp³-hybridized carbons (Fsp3) is 0.441. The first-order chi connectivity index (χ1) is 21.1. The Balaban J connectivity index is 2.17. The van der Waals surface area contributed by atoms with E-state index in [4.69, 9.17) is 10.5 Å². The van der Waals surface area contributed by atoms with Gasteiger partial charge in [0.15, 0.2) is 0 Å². The second-order valence-electron chi connectivity index (χ2n) is 11.7. The Bertz CT molecular complexity index is 1580. The molecule has 1 unspecified atom stereocenters. The van der Waals surface area contributed by atoms with Gasteiger partial charge >= 0.3 is 12.1 Å².